The molecule has 0 bridgehead atoms. The molecule has 3 rings (SSSR count). The molecule has 1 amide bonds. The molecule has 0 radical (unpaired) electrons. The van der Waals surface area contributed by atoms with E-state index in [0.717, 1.165) is 4.57 Å². The molecule has 112 valence electrons. The quantitative estimate of drug-likeness (QED) is 0.825. The summed E-state index contributed by atoms with van der Waals surface area (Å²) in [4.78, 5) is 40.9. The van der Waals surface area contributed by atoms with Gasteiger partial charge >= 0.3 is 5.69 Å². The second-order valence-corrected chi connectivity index (χ2v) is 5.08. The average Bonchev–Trinajstić information content (AvgIpc) is 2.55. The van der Waals surface area contributed by atoms with Crippen LogP contribution in [0.2, 0.25) is 0 Å². The van der Waals surface area contributed by atoms with Crippen molar-refractivity contribution < 1.29 is 4.79 Å². The number of hydrogen-bond acceptors (Lipinski definition) is 3. The van der Waals surface area contributed by atoms with Gasteiger partial charge in [0.2, 0.25) is 5.91 Å². The molecule has 6 heteroatoms. The summed E-state index contributed by atoms with van der Waals surface area (Å²) >= 11 is 0. The Morgan fingerprint density at radius 2 is 1.95 bits per heavy atom. The number of hydrogen-bond donors (Lipinski definition) is 1. The summed E-state index contributed by atoms with van der Waals surface area (Å²) in [7, 11) is 0. The van der Waals surface area contributed by atoms with Crippen LogP contribution in [0.4, 0.5) is 0 Å². The smallest absolute Gasteiger partial charge is 0.333 e. The van der Waals surface area contributed by atoms with Crippen molar-refractivity contribution in [3.63, 3.8) is 0 Å². The van der Waals surface area contributed by atoms with Crippen molar-refractivity contribution in [3.05, 3.63) is 75.1 Å². The summed E-state index contributed by atoms with van der Waals surface area (Å²) in [6.45, 7) is 4.11. The SMILES string of the molecule is C=CC(=O)N1CCc2[nH]c(=O)n(-c3ccccc3)c(=O)c2C1. The first-order chi connectivity index (χ1) is 10.6. The number of benzene rings is 1. The molecule has 0 fully saturated rings. The van der Waals surface area contributed by atoms with E-state index in [-0.39, 0.29) is 18.0 Å². The van der Waals surface area contributed by atoms with Crippen molar-refractivity contribution in [1.82, 2.24) is 14.5 Å². The van der Waals surface area contributed by atoms with Gasteiger partial charge in [-0.2, -0.15) is 0 Å². The van der Waals surface area contributed by atoms with E-state index in [9.17, 15) is 14.4 Å². The number of aromatic nitrogens is 2. The lowest BCUT2D eigenvalue weighted by Gasteiger charge is -2.27. The molecule has 1 aliphatic rings. The van der Waals surface area contributed by atoms with Crippen LogP contribution in [0.25, 0.3) is 5.69 Å². The lowest BCUT2D eigenvalue weighted by atomic mass is 10.1. The van der Waals surface area contributed by atoms with Crippen molar-refractivity contribution in [2.24, 2.45) is 0 Å². The molecule has 0 saturated carbocycles. The van der Waals surface area contributed by atoms with Gasteiger partial charge in [0.05, 0.1) is 17.8 Å². The Morgan fingerprint density at radius 1 is 1.23 bits per heavy atom. The van der Waals surface area contributed by atoms with Gasteiger partial charge in [0.25, 0.3) is 5.56 Å². The van der Waals surface area contributed by atoms with Crippen LogP contribution in [0.3, 0.4) is 0 Å². The van der Waals surface area contributed by atoms with Crippen LogP contribution in [0.15, 0.2) is 52.6 Å². The highest BCUT2D eigenvalue weighted by atomic mass is 16.2. The number of H-pyrrole nitrogens is 1. The summed E-state index contributed by atoms with van der Waals surface area (Å²) in [5, 5.41) is 0. The lowest BCUT2D eigenvalue weighted by Crippen LogP contribution is -2.44. The van der Waals surface area contributed by atoms with E-state index in [1.807, 2.05) is 6.07 Å². The predicted octanol–water partition coefficient (Wildman–Crippen LogP) is 0.596. The fourth-order valence-corrected chi connectivity index (χ4v) is 2.64. The zero-order valence-electron chi connectivity index (χ0n) is 11.9. The van der Waals surface area contributed by atoms with Crippen LogP contribution in [-0.4, -0.2) is 26.9 Å². The molecule has 6 nitrogen and oxygen atoms in total. The Balaban J connectivity index is 2.14. The monoisotopic (exact) mass is 297 g/mol. The summed E-state index contributed by atoms with van der Waals surface area (Å²) < 4.78 is 1.10. The van der Waals surface area contributed by atoms with Gasteiger partial charge < -0.3 is 9.88 Å². The third kappa shape index (κ3) is 2.28. The minimum Gasteiger partial charge on any atom is -0.334 e. The Labute approximate surface area is 126 Å². The summed E-state index contributed by atoms with van der Waals surface area (Å²) in [5.74, 6) is -0.220. The predicted molar refractivity (Wildman–Crippen MR) is 82.0 cm³/mol. The first kappa shape index (κ1) is 14.1. The van der Waals surface area contributed by atoms with Crippen LogP contribution in [0.5, 0.6) is 0 Å². The highest BCUT2D eigenvalue weighted by Gasteiger charge is 2.24. The second-order valence-electron chi connectivity index (χ2n) is 5.08. The number of rotatable bonds is 2. The van der Waals surface area contributed by atoms with Crippen molar-refractivity contribution in [2.45, 2.75) is 13.0 Å². The molecular weight excluding hydrogens is 282 g/mol. The molecule has 22 heavy (non-hydrogen) atoms. The molecule has 2 aromatic rings. The van der Waals surface area contributed by atoms with E-state index < -0.39 is 5.69 Å². The van der Waals surface area contributed by atoms with Gasteiger partial charge in [-0.1, -0.05) is 24.8 Å². The summed E-state index contributed by atoms with van der Waals surface area (Å²) in [6.07, 6.45) is 1.68. The molecule has 0 aliphatic carbocycles. The van der Waals surface area contributed by atoms with Crippen molar-refractivity contribution in [1.29, 1.82) is 0 Å². The summed E-state index contributed by atoms with van der Waals surface area (Å²) in [6, 6.07) is 8.71. The second kappa shape index (κ2) is 5.48. The third-order valence-electron chi connectivity index (χ3n) is 3.77. The van der Waals surface area contributed by atoms with Crippen LogP contribution < -0.4 is 11.2 Å². The highest BCUT2D eigenvalue weighted by Crippen LogP contribution is 2.13. The molecule has 1 aromatic heterocycles. The van der Waals surface area contributed by atoms with Gasteiger partial charge in [-0.15, -0.1) is 0 Å². The summed E-state index contributed by atoms with van der Waals surface area (Å²) in [5.41, 5.74) is 0.717. The standard InChI is InChI=1S/C16H15N3O3/c1-2-14(20)18-9-8-13-12(10-18)15(21)19(16(22)17-13)11-6-4-3-5-7-11/h2-7H,1,8-10H2,(H,17,22). The van der Waals surface area contributed by atoms with E-state index in [2.05, 4.69) is 11.6 Å². The Morgan fingerprint density at radius 3 is 2.64 bits per heavy atom. The molecule has 0 spiro atoms. The molecule has 1 aliphatic heterocycles. The number of nitrogens with one attached hydrogen (secondary N) is 1. The minimum atomic E-state index is -0.460. The van der Waals surface area contributed by atoms with Gasteiger partial charge in [-0.05, 0) is 18.2 Å². The maximum atomic E-state index is 12.7. The molecule has 1 N–H and O–H groups in total. The molecular formula is C16H15N3O3. The Bertz CT molecular complexity index is 849. The third-order valence-corrected chi connectivity index (χ3v) is 3.77. The number of nitrogens with zero attached hydrogens (tertiary/aromatic N) is 2. The Kier molecular flexibility index (Phi) is 3.50. The largest absolute Gasteiger partial charge is 0.334 e. The molecule has 0 unspecified atom stereocenters. The maximum absolute atomic E-state index is 12.7. The highest BCUT2D eigenvalue weighted by molar-refractivity contribution is 5.87. The molecule has 0 atom stereocenters. The van der Waals surface area contributed by atoms with Gasteiger partial charge in [0.15, 0.2) is 0 Å². The van der Waals surface area contributed by atoms with E-state index in [0.29, 0.717) is 29.9 Å². The normalized spacial score (nSPS) is 13.5. The van der Waals surface area contributed by atoms with Gasteiger partial charge in [0, 0.05) is 18.7 Å². The van der Waals surface area contributed by atoms with E-state index in [4.69, 9.17) is 0 Å². The number of amides is 1. The average molecular weight is 297 g/mol. The van der Waals surface area contributed by atoms with Crippen molar-refractivity contribution in [3.8, 4) is 5.69 Å². The van der Waals surface area contributed by atoms with Crippen LogP contribution >= 0.6 is 0 Å². The van der Waals surface area contributed by atoms with Crippen LogP contribution in [-0.2, 0) is 17.8 Å². The number of para-hydroxylation sites is 1. The van der Waals surface area contributed by atoms with Crippen molar-refractivity contribution in [2.75, 3.05) is 6.54 Å². The molecule has 1 aromatic carbocycles. The Hall–Kier alpha value is -2.89. The van der Waals surface area contributed by atoms with Crippen molar-refractivity contribution >= 4 is 5.91 Å². The number of aromatic amines is 1. The van der Waals surface area contributed by atoms with Gasteiger partial charge in [-0.25, -0.2) is 9.36 Å². The van der Waals surface area contributed by atoms with Gasteiger partial charge in [0.1, 0.15) is 0 Å². The fourth-order valence-electron chi connectivity index (χ4n) is 2.64. The zero-order chi connectivity index (χ0) is 15.7. The maximum Gasteiger partial charge on any atom is 0.333 e. The first-order valence-corrected chi connectivity index (χ1v) is 6.95. The molecule has 2 heterocycles. The van der Waals surface area contributed by atoms with Crippen LogP contribution in [0.1, 0.15) is 11.3 Å². The lowest BCUT2D eigenvalue weighted by molar-refractivity contribution is -0.126. The van der Waals surface area contributed by atoms with Gasteiger partial charge in [-0.3, -0.25) is 9.59 Å². The zero-order valence-corrected chi connectivity index (χ0v) is 11.9. The number of carbonyl (C=O) groups excluding carboxylic acids is 1. The van der Waals surface area contributed by atoms with E-state index >= 15 is 0 Å². The van der Waals surface area contributed by atoms with Crippen LogP contribution in [0, 0.1) is 0 Å². The van der Waals surface area contributed by atoms with E-state index in [1.54, 1.807) is 29.2 Å². The first-order valence-electron chi connectivity index (χ1n) is 6.95. The number of carbonyl (C=O) groups is 1. The molecule has 0 saturated heterocycles. The number of fused-ring (bicyclic) bond motifs is 1. The topological polar surface area (TPSA) is 75.2 Å². The minimum absolute atomic E-state index is 0.183. The fraction of sp³-hybridized carbons (Fsp3) is 0.188. The van der Waals surface area contributed by atoms with E-state index in [1.165, 1.54) is 6.08 Å².